The van der Waals surface area contributed by atoms with Gasteiger partial charge in [0.15, 0.2) is 5.84 Å². The van der Waals surface area contributed by atoms with Crippen LogP contribution in [0.1, 0.15) is 11.1 Å². The molecule has 5 nitrogen and oxygen atoms in total. The summed E-state index contributed by atoms with van der Waals surface area (Å²) >= 11 is 6.08. The van der Waals surface area contributed by atoms with Crippen LogP contribution in [-0.4, -0.2) is 16.0 Å². The van der Waals surface area contributed by atoms with Crippen LogP contribution in [0.15, 0.2) is 35.6 Å². The average Bonchev–Trinajstić information content (AvgIpc) is 2.43. The van der Waals surface area contributed by atoms with E-state index in [9.17, 15) is 4.39 Å². The molecule has 2 aromatic rings. The highest BCUT2D eigenvalue weighted by atomic mass is 35.5. The third kappa shape index (κ3) is 2.80. The SMILES string of the molecule is Cc1cc(F)ccc1Oc1nccc(/C(N)=N/O)c1Cl. The van der Waals surface area contributed by atoms with Gasteiger partial charge in [0.05, 0.1) is 0 Å². The number of rotatable bonds is 3. The van der Waals surface area contributed by atoms with E-state index >= 15 is 0 Å². The second-order valence-electron chi connectivity index (χ2n) is 3.97. The fraction of sp³-hybridized carbons (Fsp3) is 0.0769. The Hall–Kier alpha value is -2.34. The summed E-state index contributed by atoms with van der Waals surface area (Å²) in [5.74, 6) is -0.0136. The van der Waals surface area contributed by atoms with E-state index in [1.807, 2.05) is 0 Å². The number of halogens is 2. The molecule has 0 aliphatic carbocycles. The van der Waals surface area contributed by atoms with Crippen molar-refractivity contribution in [2.24, 2.45) is 10.9 Å². The molecule has 1 heterocycles. The minimum atomic E-state index is -0.362. The molecule has 0 radical (unpaired) electrons. The lowest BCUT2D eigenvalue weighted by atomic mass is 10.2. The molecule has 0 saturated heterocycles. The average molecular weight is 296 g/mol. The van der Waals surface area contributed by atoms with Crippen molar-refractivity contribution in [1.82, 2.24) is 4.98 Å². The molecule has 0 unspecified atom stereocenters. The van der Waals surface area contributed by atoms with Crippen molar-refractivity contribution in [2.45, 2.75) is 6.92 Å². The summed E-state index contributed by atoms with van der Waals surface area (Å²) in [5.41, 5.74) is 6.37. The van der Waals surface area contributed by atoms with Crippen molar-refractivity contribution in [3.05, 3.63) is 52.4 Å². The fourth-order valence-corrected chi connectivity index (χ4v) is 1.83. The Kier molecular flexibility index (Phi) is 4.05. The van der Waals surface area contributed by atoms with Crippen LogP contribution in [0, 0.1) is 12.7 Å². The lowest BCUT2D eigenvalue weighted by molar-refractivity contribution is 0.318. The quantitative estimate of drug-likeness (QED) is 0.395. The highest BCUT2D eigenvalue weighted by Crippen LogP contribution is 2.31. The smallest absolute Gasteiger partial charge is 0.238 e. The van der Waals surface area contributed by atoms with Gasteiger partial charge >= 0.3 is 0 Å². The number of aromatic nitrogens is 1. The summed E-state index contributed by atoms with van der Waals surface area (Å²) < 4.78 is 18.6. The summed E-state index contributed by atoms with van der Waals surface area (Å²) in [6.07, 6.45) is 1.41. The van der Waals surface area contributed by atoms with E-state index < -0.39 is 0 Å². The first-order chi connectivity index (χ1) is 9.52. The van der Waals surface area contributed by atoms with Gasteiger partial charge in [-0.25, -0.2) is 9.37 Å². The molecule has 0 aliphatic rings. The maximum Gasteiger partial charge on any atom is 0.238 e. The van der Waals surface area contributed by atoms with E-state index in [2.05, 4.69) is 10.1 Å². The molecule has 0 aliphatic heterocycles. The number of nitrogens with two attached hydrogens (primary N) is 1. The molecule has 0 spiro atoms. The molecule has 7 heteroatoms. The van der Waals surface area contributed by atoms with Gasteiger partial charge in [-0.1, -0.05) is 16.8 Å². The van der Waals surface area contributed by atoms with Crippen LogP contribution >= 0.6 is 11.6 Å². The summed E-state index contributed by atoms with van der Waals surface area (Å²) in [7, 11) is 0. The molecule has 0 amide bonds. The number of oxime groups is 1. The first-order valence-electron chi connectivity index (χ1n) is 5.59. The second-order valence-corrected chi connectivity index (χ2v) is 4.35. The summed E-state index contributed by atoms with van der Waals surface area (Å²) in [4.78, 5) is 3.97. The van der Waals surface area contributed by atoms with Gasteiger partial charge in [0.2, 0.25) is 5.88 Å². The molecule has 0 saturated carbocycles. The predicted octanol–water partition coefficient (Wildman–Crippen LogP) is 3.07. The van der Waals surface area contributed by atoms with Crippen molar-refractivity contribution < 1.29 is 14.3 Å². The zero-order chi connectivity index (χ0) is 14.7. The number of nitrogens with zero attached hydrogens (tertiary/aromatic N) is 2. The summed E-state index contributed by atoms with van der Waals surface area (Å²) in [5, 5.41) is 11.6. The van der Waals surface area contributed by atoms with E-state index in [1.165, 1.54) is 30.5 Å². The topological polar surface area (TPSA) is 80.7 Å². The Morgan fingerprint density at radius 3 is 2.85 bits per heavy atom. The largest absolute Gasteiger partial charge is 0.437 e. The van der Waals surface area contributed by atoms with Crippen molar-refractivity contribution in [3.8, 4) is 11.6 Å². The Labute approximate surface area is 119 Å². The van der Waals surface area contributed by atoms with Crippen LogP contribution in [-0.2, 0) is 0 Å². The lowest BCUT2D eigenvalue weighted by Crippen LogP contribution is -2.14. The van der Waals surface area contributed by atoms with E-state index in [0.29, 0.717) is 16.9 Å². The first kappa shape index (κ1) is 14.1. The minimum absolute atomic E-state index is 0.0884. The van der Waals surface area contributed by atoms with Gasteiger partial charge in [-0.15, -0.1) is 0 Å². The molecule has 3 N–H and O–H groups in total. The third-order valence-corrected chi connectivity index (χ3v) is 2.95. The number of benzene rings is 1. The zero-order valence-electron chi connectivity index (χ0n) is 10.5. The summed E-state index contributed by atoms with van der Waals surface area (Å²) in [6.45, 7) is 1.69. The van der Waals surface area contributed by atoms with E-state index in [4.69, 9.17) is 27.3 Å². The van der Waals surface area contributed by atoms with Gasteiger partial charge in [0.25, 0.3) is 0 Å². The maximum atomic E-state index is 13.0. The molecule has 1 aromatic carbocycles. The van der Waals surface area contributed by atoms with Crippen LogP contribution in [0.25, 0.3) is 0 Å². The molecule has 0 atom stereocenters. The van der Waals surface area contributed by atoms with Gasteiger partial charge in [-0.2, -0.15) is 0 Å². The lowest BCUT2D eigenvalue weighted by Gasteiger charge is -2.10. The standard InChI is InChI=1S/C13H11ClFN3O2/c1-7-6-8(15)2-3-10(7)20-13-11(14)9(4-5-17-13)12(16)18-19/h2-6,19H,1H3,(H2,16,18). The number of aryl methyl sites for hydroxylation is 1. The van der Waals surface area contributed by atoms with Crippen LogP contribution in [0.3, 0.4) is 0 Å². The Balaban J connectivity index is 2.39. The number of hydrogen-bond acceptors (Lipinski definition) is 4. The number of pyridine rings is 1. The molecule has 104 valence electrons. The van der Waals surface area contributed by atoms with Crippen molar-refractivity contribution in [3.63, 3.8) is 0 Å². The molecule has 2 rings (SSSR count). The molecular weight excluding hydrogens is 285 g/mol. The second kappa shape index (κ2) is 5.75. The van der Waals surface area contributed by atoms with Crippen molar-refractivity contribution >= 4 is 17.4 Å². The third-order valence-electron chi connectivity index (χ3n) is 2.58. The Morgan fingerprint density at radius 1 is 1.45 bits per heavy atom. The molecular formula is C13H11ClFN3O2. The van der Waals surface area contributed by atoms with Crippen LogP contribution < -0.4 is 10.5 Å². The summed E-state index contributed by atoms with van der Waals surface area (Å²) in [6, 6.07) is 5.56. The molecule has 0 fully saturated rings. The van der Waals surface area contributed by atoms with Gasteiger partial charge in [-0.3, -0.25) is 0 Å². The van der Waals surface area contributed by atoms with E-state index in [1.54, 1.807) is 6.92 Å². The zero-order valence-corrected chi connectivity index (χ0v) is 11.2. The fourth-order valence-electron chi connectivity index (χ4n) is 1.58. The number of hydrogen-bond donors (Lipinski definition) is 2. The predicted molar refractivity (Wildman–Crippen MR) is 73.0 cm³/mol. The minimum Gasteiger partial charge on any atom is -0.437 e. The Bertz CT molecular complexity index is 677. The van der Waals surface area contributed by atoms with Crippen LogP contribution in [0.4, 0.5) is 4.39 Å². The van der Waals surface area contributed by atoms with Gasteiger partial charge in [0.1, 0.15) is 16.6 Å². The Morgan fingerprint density at radius 2 is 2.20 bits per heavy atom. The highest BCUT2D eigenvalue weighted by molar-refractivity contribution is 6.35. The van der Waals surface area contributed by atoms with Gasteiger partial charge in [0, 0.05) is 11.8 Å². The first-order valence-corrected chi connectivity index (χ1v) is 5.97. The number of amidine groups is 1. The van der Waals surface area contributed by atoms with Gasteiger partial charge in [-0.05, 0) is 36.8 Å². The highest BCUT2D eigenvalue weighted by Gasteiger charge is 2.14. The van der Waals surface area contributed by atoms with Crippen LogP contribution in [0.5, 0.6) is 11.6 Å². The van der Waals surface area contributed by atoms with Crippen molar-refractivity contribution in [2.75, 3.05) is 0 Å². The molecule has 1 aromatic heterocycles. The van der Waals surface area contributed by atoms with E-state index in [0.717, 1.165) is 0 Å². The molecule has 0 bridgehead atoms. The van der Waals surface area contributed by atoms with Crippen LogP contribution in [0.2, 0.25) is 5.02 Å². The van der Waals surface area contributed by atoms with Crippen molar-refractivity contribution in [1.29, 1.82) is 0 Å². The van der Waals surface area contributed by atoms with E-state index in [-0.39, 0.29) is 22.6 Å². The van der Waals surface area contributed by atoms with Gasteiger partial charge < -0.3 is 15.7 Å². The maximum absolute atomic E-state index is 13.0. The molecule has 20 heavy (non-hydrogen) atoms. The number of ether oxygens (including phenoxy) is 1. The normalized spacial score (nSPS) is 11.4. The monoisotopic (exact) mass is 295 g/mol.